The fraction of sp³-hybridized carbons (Fsp3) is 0.227. The number of hydrogen-bond acceptors (Lipinski definition) is 7. The second-order valence-corrected chi connectivity index (χ2v) is 7.23. The zero-order chi connectivity index (χ0) is 24.1. The zero-order valence-corrected chi connectivity index (χ0v) is 17.6. The lowest BCUT2D eigenvalue weighted by Gasteiger charge is -2.33. The van der Waals surface area contributed by atoms with Gasteiger partial charge < -0.3 is 29.8 Å². The van der Waals surface area contributed by atoms with E-state index < -0.39 is 12.5 Å². The average Bonchev–Trinajstić information content (AvgIpc) is 3.33. The minimum Gasteiger partial charge on any atom is -0.476 e. The Hall–Kier alpha value is -4.06. The maximum atomic E-state index is 12.4. The van der Waals surface area contributed by atoms with Crippen LogP contribution >= 0.6 is 0 Å². The Balaban J connectivity index is 1.39. The van der Waals surface area contributed by atoms with E-state index in [-0.39, 0.29) is 31.4 Å². The first-order chi connectivity index (χ1) is 16.3. The lowest BCUT2D eigenvalue weighted by molar-refractivity contribution is -0.274. The number of alkyl halides is 3. The third-order valence-electron chi connectivity index (χ3n) is 4.91. The molecule has 34 heavy (non-hydrogen) atoms. The number of anilines is 1. The average molecular weight is 475 g/mol. The highest BCUT2D eigenvalue weighted by Gasteiger charge is 2.32. The molecule has 1 atom stereocenters. The Morgan fingerprint density at radius 1 is 1.24 bits per heavy atom. The Kier molecular flexibility index (Phi) is 6.68. The number of morpholine rings is 1. The van der Waals surface area contributed by atoms with Crippen LogP contribution in [0.3, 0.4) is 0 Å². The molecule has 3 heterocycles. The molecule has 178 valence electrons. The van der Waals surface area contributed by atoms with Gasteiger partial charge in [-0.3, -0.25) is 9.89 Å². The van der Waals surface area contributed by atoms with Gasteiger partial charge in [0.1, 0.15) is 25.1 Å². The van der Waals surface area contributed by atoms with Crippen molar-refractivity contribution in [3.05, 3.63) is 72.0 Å². The number of nitrogens with zero attached hydrogens (tertiary/aromatic N) is 2. The first-order valence-corrected chi connectivity index (χ1v) is 10.1. The van der Waals surface area contributed by atoms with Crippen LogP contribution in [0, 0.1) is 5.41 Å². The van der Waals surface area contributed by atoms with Crippen LogP contribution in [0.2, 0.25) is 0 Å². The summed E-state index contributed by atoms with van der Waals surface area (Å²) >= 11 is 0. The predicted molar refractivity (Wildman–Crippen MR) is 116 cm³/mol. The molecule has 2 aromatic rings. The van der Waals surface area contributed by atoms with Crippen molar-refractivity contribution >= 4 is 23.4 Å². The molecule has 2 aliphatic heterocycles. The number of allylic oxidation sites excluding steroid dienone is 4. The van der Waals surface area contributed by atoms with E-state index in [1.165, 1.54) is 17.0 Å². The number of aromatic amines is 1. The lowest BCUT2D eigenvalue weighted by atomic mass is 10.1. The lowest BCUT2D eigenvalue weighted by Crippen LogP contribution is -2.48. The van der Waals surface area contributed by atoms with Crippen LogP contribution in [0.1, 0.15) is 5.69 Å². The first kappa shape index (κ1) is 23.1. The van der Waals surface area contributed by atoms with E-state index in [0.717, 1.165) is 23.9 Å². The van der Waals surface area contributed by atoms with Crippen molar-refractivity contribution in [2.45, 2.75) is 12.5 Å². The maximum Gasteiger partial charge on any atom is 0.573 e. The van der Waals surface area contributed by atoms with Crippen molar-refractivity contribution in [2.24, 2.45) is 0 Å². The van der Waals surface area contributed by atoms with Gasteiger partial charge in [-0.25, -0.2) is 0 Å². The number of aromatic nitrogens is 2. The Morgan fingerprint density at radius 2 is 2.03 bits per heavy atom. The van der Waals surface area contributed by atoms with E-state index in [1.54, 1.807) is 30.5 Å². The van der Waals surface area contributed by atoms with Crippen molar-refractivity contribution in [1.29, 1.82) is 5.41 Å². The van der Waals surface area contributed by atoms with Gasteiger partial charge in [-0.1, -0.05) is 0 Å². The smallest absolute Gasteiger partial charge is 0.476 e. The number of carbonyl (C=O) groups excluding carboxylic acids is 1. The summed E-state index contributed by atoms with van der Waals surface area (Å²) in [5.74, 6) is -0.269. The second kappa shape index (κ2) is 9.83. The van der Waals surface area contributed by atoms with Crippen LogP contribution in [0.5, 0.6) is 5.75 Å². The maximum absolute atomic E-state index is 12.4. The van der Waals surface area contributed by atoms with Crippen molar-refractivity contribution < 1.29 is 32.2 Å². The molecule has 0 aliphatic carbocycles. The number of ether oxygens (including phenoxy) is 3. The molecule has 0 radical (unpaired) electrons. The summed E-state index contributed by atoms with van der Waals surface area (Å²) in [6.07, 6.45) is 2.67. The summed E-state index contributed by atoms with van der Waals surface area (Å²) in [7, 11) is 0. The highest BCUT2D eigenvalue weighted by atomic mass is 19.4. The second-order valence-electron chi connectivity index (χ2n) is 7.23. The van der Waals surface area contributed by atoms with Crippen LogP contribution in [0.4, 0.5) is 18.9 Å². The van der Waals surface area contributed by atoms with Crippen LogP contribution in [-0.2, 0) is 14.3 Å². The molecule has 4 rings (SSSR count). The van der Waals surface area contributed by atoms with Gasteiger partial charge in [0.15, 0.2) is 5.88 Å². The topological polar surface area (TPSA) is 113 Å². The normalized spacial score (nSPS) is 19.9. The fourth-order valence-corrected chi connectivity index (χ4v) is 3.41. The molecule has 12 heteroatoms. The molecule has 0 saturated carbocycles. The van der Waals surface area contributed by atoms with Crippen molar-refractivity contribution in [1.82, 2.24) is 15.5 Å². The fourth-order valence-electron chi connectivity index (χ4n) is 3.41. The summed E-state index contributed by atoms with van der Waals surface area (Å²) in [5.41, 5.74) is 2.53. The number of amides is 1. The molecular formula is C22H20F3N5O4. The summed E-state index contributed by atoms with van der Waals surface area (Å²) in [4.78, 5) is 13.7. The Labute approximate surface area is 192 Å². The van der Waals surface area contributed by atoms with E-state index >= 15 is 0 Å². The summed E-state index contributed by atoms with van der Waals surface area (Å²) in [6.45, 7) is 0.0773. The molecule has 1 saturated heterocycles. The van der Waals surface area contributed by atoms with Crippen LogP contribution < -0.4 is 15.0 Å². The molecule has 0 spiro atoms. The van der Waals surface area contributed by atoms with Gasteiger partial charge in [0.2, 0.25) is 0 Å². The van der Waals surface area contributed by atoms with Gasteiger partial charge in [0, 0.05) is 23.7 Å². The molecule has 1 unspecified atom stereocenters. The van der Waals surface area contributed by atoms with Crippen molar-refractivity contribution in [3.63, 3.8) is 0 Å². The van der Waals surface area contributed by atoms with E-state index in [0.29, 0.717) is 23.0 Å². The molecule has 3 N–H and O–H groups in total. The van der Waals surface area contributed by atoms with Gasteiger partial charge in [0.25, 0.3) is 5.91 Å². The minimum absolute atomic E-state index is 0.112. The van der Waals surface area contributed by atoms with Gasteiger partial charge in [-0.05, 0) is 48.6 Å². The zero-order valence-electron chi connectivity index (χ0n) is 17.6. The molecule has 1 aromatic carbocycles. The molecule has 1 aromatic heterocycles. The van der Waals surface area contributed by atoms with Crippen molar-refractivity contribution in [3.8, 4) is 5.75 Å². The standard InChI is InChI=1S/C22H20F3N5O4/c23-22(24,25)34-15-3-1-14(2-4-15)30-11-16(32-13-21(30)31)12-33-20-6-5-17(18(28-20)7-9-26)19-8-10-27-29-19/h1-10,16,26,28H,11-13H2,(H,27,29)/b18-7-,26-9?. The van der Waals surface area contributed by atoms with Crippen LogP contribution in [0.25, 0.3) is 5.57 Å². The van der Waals surface area contributed by atoms with Gasteiger partial charge in [-0.15, -0.1) is 13.2 Å². The first-order valence-electron chi connectivity index (χ1n) is 10.1. The van der Waals surface area contributed by atoms with E-state index in [9.17, 15) is 18.0 Å². The highest BCUT2D eigenvalue weighted by molar-refractivity contribution is 5.95. The van der Waals surface area contributed by atoms with E-state index in [1.807, 2.05) is 0 Å². The predicted octanol–water partition coefficient (Wildman–Crippen LogP) is 3.12. The SMILES string of the molecule is N=C/C=C1\NC(OCC2CN(c3ccc(OC(F)(F)F)cc3)C(=O)CO2)=CC=C1c1cc[nH]n1. The Bertz CT molecular complexity index is 1120. The number of hydrogen-bond donors (Lipinski definition) is 3. The molecule has 9 nitrogen and oxygen atoms in total. The number of dihydropyridines is 1. The van der Waals surface area contributed by atoms with Crippen LogP contribution in [0.15, 0.2) is 66.3 Å². The summed E-state index contributed by atoms with van der Waals surface area (Å²) in [6, 6.07) is 6.85. The number of nitrogens with one attached hydrogen (secondary N) is 3. The number of carbonyl (C=O) groups is 1. The number of rotatable bonds is 7. The molecule has 1 fully saturated rings. The number of H-pyrrole nitrogens is 1. The van der Waals surface area contributed by atoms with Crippen molar-refractivity contribution in [2.75, 3.05) is 24.7 Å². The van der Waals surface area contributed by atoms with E-state index in [4.69, 9.17) is 14.9 Å². The number of halogens is 3. The van der Waals surface area contributed by atoms with Gasteiger partial charge >= 0.3 is 6.36 Å². The molecular weight excluding hydrogens is 455 g/mol. The Morgan fingerprint density at radius 3 is 2.71 bits per heavy atom. The summed E-state index contributed by atoms with van der Waals surface area (Å²) in [5, 5.41) is 17.4. The monoisotopic (exact) mass is 475 g/mol. The highest BCUT2D eigenvalue weighted by Crippen LogP contribution is 2.27. The third-order valence-corrected chi connectivity index (χ3v) is 4.91. The quantitative estimate of drug-likeness (QED) is 0.531. The largest absolute Gasteiger partial charge is 0.573 e. The summed E-state index contributed by atoms with van der Waals surface area (Å²) < 4.78 is 52.3. The van der Waals surface area contributed by atoms with Gasteiger partial charge in [0.05, 0.1) is 17.9 Å². The molecule has 2 aliphatic rings. The molecule has 1 amide bonds. The minimum atomic E-state index is -4.79. The molecule has 0 bridgehead atoms. The number of benzene rings is 1. The van der Waals surface area contributed by atoms with Crippen LogP contribution in [-0.4, -0.2) is 54.5 Å². The van der Waals surface area contributed by atoms with Gasteiger partial charge in [-0.2, -0.15) is 5.10 Å². The third kappa shape index (κ3) is 5.64. The van der Waals surface area contributed by atoms with E-state index in [2.05, 4.69) is 20.3 Å².